The van der Waals surface area contributed by atoms with Crippen molar-refractivity contribution in [2.75, 3.05) is 0 Å². The Bertz CT molecular complexity index is 479. The van der Waals surface area contributed by atoms with Gasteiger partial charge in [0.1, 0.15) is 10.9 Å². The van der Waals surface area contributed by atoms with Crippen molar-refractivity contribution in [3.05, 3.63) is 52.8 Å². The summed E-state index contributed by atoms with van der Waals surface area (Å²) in [6.45, 7) is 0. The van der Waals surface area contributed by atoms with Gasteiger partial charge < -0.3 is 0 Å². The first-order valence-corrected chi connectivity index (χ1v) is 5.26. The molecule has 2 rings (SSSR count). The molecule has 0 spiro atoms. The van der Waals surface area contributed by atoms with Crippen molar-refractivity contribution in [3.8, 4) is 11.1 Å². The summed E-state index contributed by atoms with van der Waals surface area (Å²) in [5.74, 6) is 0. The number of hydrogen-bond donors (Lipinski definition) is 0. The Labute approximate surface area is 96.1 Å². The Kier molecular flexibility index (Phi) is 2.92. The number of pyridine rings is 1. The van der Waals surface area contributed by atoms with Gasteiger partial charge in [-0.2, -0.15) is 0 Å². The minimum absolute atomic E-state index is 0.687. The van der Waals surface area contributed by atoms with E-state index in [0.717, 1.165) is 22.0 Å². The van der Waals surface area contributed by atoms with Gasteiger partial charge in [0, 0.05) is 11.8 Å². The zero-order chi connectivity index (χ0) is 10.7. The summed E-state index contributed by atoms with van der Waals surface area (Å²) in [6, 6.07) is 11.3. The summed E-state index contributed by atoms with van der Waals surface area (Å²) >= 11 is 3.32. The van der Waals surface area contributed by atoms with Crippen molar-refractivity contribution in [1.82, 2.24) is 4.98 Å². The van der Waals surface area contributed by atoms with Gasteiger partial charge in [-0.3, -0.25) is 4.79 Å². The molecular weight excluding hydrogens is 254 g/mol. The highest BCUT2D eigenvalue weighted by molar-refractivity contribution is 9.10. The van der Waals surface area contributed by atoms with Gasteiger partial charge in [-0.1, -0.05) is 24.3 Å². The Balaban J connectivity index is 2.41. The van der Waals surface area contributed by atoms with Crippen LogP contribution in [0.15, 0.2) is 47.2 Å². The molecule has 0 bridgehead atoms. The second-order valence-electron chi connectivity index (χ2n) is 3.11. The molecule has 0 aliphatic heterocycles. The summed E-state index contributed by atoms with van der Waals surface area (Å²) in [4.78, 5) is 14.6. The fourth-order valence-electron chi connectivity index (χ4n) is 1.34. The van der Waals surface area contributed by atoms with Gasteiger partial charge in [0.05, 0.1) is 0 Å². The van der Waals surface area contributed by atoms with Crippen LogP contribution in [0.5, 0.6) is 0 Å². The molecule has 3 heteroatoms. The zero-order valence-electron chi connectivity index (χ0n) is 7.85. The molecule has 0 unspecified atom stereocenters. The van der Waals surface area contributed by atoms with Crippen molar-refractivity contribution >= 4 is 22.2 Å². The number of carbonyl (C=O) groups excluding carboxylic acids is 1. The van der Waals surface area contributed by atoms with Gasteiger partial charge >= 0.3 is 0 Å². The third kappa shape index (κ3) is 2.30. The maximum Gasteiger partial charge on any atom is 0.150 e. The monoisotopic (exact) mass is 261 g/mol. The highest BCUT2D eigenvalue weighted by Gasteiger charge is 1.98. The molecule has 2 nitrogen and oxygen atoms in total. The Morgan fingerprint density at radius 3 is 2.40 bits per heavy atom. The van der Waals surface area contributed by atoms with Crippen LogP contribution in [-0.2, 0) is 0 Å². The maximum atomic E-state index is 10.5. The van der Waals surface area contributed by atoms with Crippen LogP contribution in [0.4, 0.5) is 0 Å². The predicted molar refractivity (Wildman–Crippen MR) is 62.8 cm³/mol. The van der Waals surface area contributed by atoms with Gasteiger partial charge in [0.15, 0.2) is 0 Å². The van der Waals surface area contributed by atoms with E-state index in [4.69, 9.17) is 0 Å². The molecule has 0 aliphatic carbocycles. The van der Waals surface area contributed by atoms with Crippen molar-refractivity contribution < 1.29 is 4.79 Å². The number of aromatic nitrogens is 1. The fraction of sp³-hybridized carbons (Fsp3) is 0. The lowest BCUT2D eigenvalue weighted by Crippen LogP contribution is -1.82. The van der Waals surface area contributed by atoms with Crippen molar-refractivity contribution in [1.29, 1.82) is 0 Å². The lowest BCUT2D eigenvalue weighted by molar-refractivity contribution is 0.112. The van der Waals surface area contributed by atoms with Gasteiger partial charge in [0.25, 0.3) is 0 Å². The normalized spacial score (nSPS) is 9.93. The summed E-state index contributed by atoms with van der Waals surface area (Å²) in [5.41, 5.74) is 2.84. The molecule has 1 heterocycles. The number of rotatable bonds is 2. The smallest absolute Gasteiger partial charge is 0.150 e. The predicted octanol–water partition coefficient (Wildman–Crippen LogP) is 3.32. The van der Waals surface area contributed by atoms with Crippen molar-refractivity contribution in [2.24, 2.45) is 0 Å². The minimum Gasteiger partial charge on any atom is -0.298 e. The largest absolute Gasteiger partial charge is 0.298 e. The second-order valence-corrected chi connectivity index (χ2v) is 3.92. The maximum absolute atomic E-state index is 10.5. The van der Waals surface area contributed by atoms with Gasteiger partial charge in [-0.05, 0) is 39.2 Å². The summed E-state index contributed by atoms with van der Waals surface area (Å²) in [5, 5.41) is 0. The number of benzene rings is 1. The average molecular weight is 262 g/mol. The zero-order valence-corrected chi connectivity index (χ0v) is 9.44. The fourth-order valence-corrected chi connectivity index (χ4v) is 1.70. The molecule has 0 radical (unpaired) electrons. The van der Waals surface area contributed by atoms with Gasteiger partial charge in [0.2, 0.25) is 0 Å². The highest BCUT2D eigenvalue weighted by atomic mass is 79.9. The Hall–Kier alpha value is -1.48. The van der Waals surface area contributed by atoms with Gasteiger partial charge in [-0.25, -0.2) is 4.98 Å². The molecule has 0 N–H and O–H groups in total. The lowest BCUT2D eigenvalue weighted by atomic mass is 10.1. The first-order valence-electron chi connectivity index (χ1n) is 4.47. The van der Waals surface area contributed by atoms with Crippen LogP contribution in [-0.4, -0.2) is 11.3 Å². The first kappa shape index (κ1) is 10.1. The van der Waals surface area contributed by atoms with Crippen LogP contribution >= 0.6 is 15.9 Å². The molecule has 74 valence electrons. The van der Waals surface area contributed by atoms with Crippen LogP contribution in [0.1, 0.15) is 10.4 Å². The molecule has 1 aromatic carbocycles. The molecule has 0 fully saturated rings. The van der Waals surface area contributed by atoms with Crippen molar-refractivity contribution in [3.63, 3.8) is 0 Å². The third-order valence-electron chi connectivity index (χ3n) is 2.11. The van der Waals surface area contributed by atoms with E-state index in [0.29, 0.717) is 5.56 Å². The third-order valence-corrected chi connectivity index (χ3v) is 2.54. The van der Waals surface area contributed by atoms with E-state index in [9.17, 15) is 4.79 Å². The number of carbonyl (C=O) groups is 1. The standard InChI is InChI=1S/C12H8BrNO/c13-12-7-11(5-6-14-12)10-3-1-9(8-15)2-4-10/h1-8H. The quantitative estimate of drug-likeness (QED) is 0.613. The summed E-state index contributed by atoms with van der Waals surface area (Å²) in [7, 11) is 0. The van der Waals surface area contributed by atoms with Crippen molar-refractivity contribution in [2.45, 2.75) is 0 Å². The van der Waals surface area contributed by atoms with E-state index < -0.39 is 0 Å². The number of hydrogen-bond acceptors (Lipinski definition) is 2. The van der Waals surface area contributed by atoms with E-state index in [2.05, 4.69) is 20.9 Å². The first-order chi connectivity index (χ1) is 7.29. The van der Waals surface area contributed by atoms with E-state index in [1.807, 2.05) is 24.3 Å². The highest BCUT2D eigenvalue weighted by Crippen LogP contribution is 2.21. The Morgan fingerprint density at radius 1 is 1.07 bits per heavy atom. The van der Waals surface area contributed by atoms with Crippen LogP contribution in [0, 0.1) is 0 Å². The molecule has 0 amide bonds. The van der Waals surface area contributed by atoms with E-state index in [-0.39, 0.29) is 0 Å². The Morgan fingerprint density at radius 2 is 1.80 bits per heavy atom. The molecule has 15 heavy (non-hydrogen) atoms. The SMILES string of the molecule is O=Cc1ccc(-c2ccnc(Br)c2)cc1. The van der Waals surface area contributed by atoms with E-state index in [1.165, 1.54) is 0 Å². The minimum atomic E-state index is 0.687. The lowest BCUT2D eigenvalue weighted by Gasteiger charge is -2.01. The van der Waals surface area contributed by atoms with Gasteiger partial charge in [-0.15, -0.1) is 0 Å². The van der Waals surface area contributed by atoms with Crippen LogP contribution in [0.25, 0.3) is 11.1 Å². The molecule has 0 saturated heterocycles. The summed E-state index contributed by atoms with van der Waals surface area (Å²) < 4.78 is 0.805. The molecule has 1 aromatic heterocycles. The second kappa shape index (κ2) is 4.36. The number of halogens is 1. The van der Waals surface area contributed by atoms with Crippen LogP contribution in [0.3, 0.4) is 0 Å². The van der Waals surface area contributed by atoms with E-state index in [1.54, 1.807) is 18.3 Å². The number of aldehydes is 1. The van der Waals surface area contributed by atoms with Crippen LogP contribution in [0.2, 0.25) is 0 Å². The topological polar surface area (TPSA) is 30.0 Å². The van der Waals surface area contributed by atoms with E-state index >= 15 is 0 Å². The molecular formula is C12H8BrNO. The number of nitrogens with zero attached hydrogens (tertiary/aromatic N) is 1. The molecule has 0 atom stereocenters. The molecule has 0 saturated carbocycles. The molecule has 2 aromatic rings. The molecule has 0 aliphatic rings. The summed E-state index contributed by atoms with van der Waals surface area (Å²) in [6.07, 6.45) is 2.58. The van der Waals surface area contributed by atoms with Crippen LogP contribution < -0.4 is 0 Å². The average Bonchev–Trinajstić information content (AvgIpc) is 2.29.